The van der Waals surface area contributed by atoms with E-state index in [1.807, 2.05) is 0 Å². The Labute approximate surface area is 145 Å². The minimum absolute atomic E-state index is 0.00856. The van der Waals surface area contributed by atoms with Crippen LogP contribution in [-0.4, -0.2) is 12.1 Å². The number of nitrogens with one attached hydrogen (secondary N) is 2. The molecular weight excluding hydrogens is 368 g/mol. The second-order valence-corrected chi connectivity index (χ2v) is 5.17. The van der Waals surface area contributed by atoms with Crippen molar-refractivity contribution in [3.05, 3.63) is 53.1 Å². The maximum Gasteiger partial charge on any atom is 0.417 e. The average Bonchev–Trinajstić information content (AvgIpc) is 2.50. The molecule has 2 aromatic carbocycles. The van der Waals surface area contributed by atoms with E-state index in [1.54, 1.807) is 24.3 Å². The maximum atomic E-state index is 12.8. The van der Waals surface area contributed by atoms with E-state index in [0.717, 1.165) is 12.1 Å². The van der Waals surface area contributed by atoms with E-state index in [0.29, 0.717) is 11.4 Å². The molecule has 4 nitrogen and oxygen atoms in total. The van der Waals surface area contributed by atoms with Crippen LogP contribution in [0.25, 0.3) is 0 Å². The van der Waals surface area contributed by atoms with E-state index in [-0.39, 0.29) is 11.8 Å². The summed E-state index contributed by atoms with van der Waals surface area (Å²) in [6.45, 7) is 0. The van der Waals surface area contributed by atoms with Gasteiger partial charge in [-0.2, -0.15) is 13.2 Å². The number of carbonyl (C=O) groups excluding carboxylic acids is 1. The summed E-state index contributed by atoms with van der Waals surface area (Å²) in [6.07, 6.45) is -4.61. The zero-order chi connectivity index (χ0) is 17.7. The molecule has 0 aliphatic heterocycles. The number of rotatable bonds is 4. The van der Waals surface area contributed by atoms with Crippen LogP contribution < -0.4 is 15.4 Å². The second kappa shape index (κ2) is 7.63. The second-order valence-electron chi connectivity index (χ2n) is 4.55. The third-order valence-corrected chi connectivity index (χ3v) is 3.30. The highest BCUT2D eigenvalue weighted by atomic mass is 35.5. The number of ether oxygens (including phenoxy) is 1. The first-order chi connectivity index (χ1) is 11.3. The van der Waals surface area contributed by atoms with Gasteiger partial charge in [0.15, 0.2) is 6.07 Å². The summed E-state index contributed by atoms with van der Waals surface area (Å²) < 4.78 is 43.4. The number of halogens is 5. The van der Waals surface area contributed by atoms with Crippen LogP contribution >= 0.6 is 23.2 Å². The molecule has 2 rings (SSSR count). The highest BCUT2D eigenvalue weighted by molar-refractivity contribution is 6.31. The van der Waals surface area contributed by atoms with Crippen molar-refractivity contribution in [1.82, 2.24) is 0 Å². The molecule has 0 saturated heterocycles. The molecule has 0 unspecified atom stereocenters. The monoisotopic (exact) mass is 378 g/mol. The third kappa shape index (κ3) is 4.94. The lowest BCUT2D eigenvalue weighted by Gasteiger charge is -2.12. The van der Waals surface area contributed by atoms with Gasteiger partial charge in [0.05, 0.1) is 10.6 Å². The highest BCUT2D eigenvalue weighted by Crippen LogP contribution is 2.36. The number of alkyl halides is 4. The van der Waals surface area contributed by atoms with Crippen molar-refractivity contribution in [2.45, 2.75) is 6.18 Å². The summed E-state index contributed by atoms with van der Waals surface area (Å²) >= 11 is 10.9. The maximum absolute atomic E-state index is 12.8. The molecule has 0 radical (unpaired) electrons. The Bertz CT molecular complexity index is 722. The van der Waals surface area contributed by atoms with Crippen molar-refractivity contribution in [1.29, 1.82) is 0 Å². The predicted molar refractivity (Wildman–Crippen MR) is 86.9 cm³/mol. The molecular formula is C15H11Cl2F3N2O2. The molecule has 0 aliphatic carbocycles. The van der Waals surface area contributed by atoms with E-state index >= 15 is 0 Å². The van der Waals surface area contributed by atoms with Crippen LogP contribution in [0.3, 0.4) is 0 Å². The smallest absolute Gasteiger partial charge is 0.417 e. The van der Waals surface area contributed by atoms with Crippen molar-refractivity contribution in [3.8, 4) is 5.75 Å². The Hall–Kier alpha value is -2.12. The van der Waals surface area contributed by atoms with Crippen LogP contribution in [0.2, 0.25) is 5.02 Å². The van der Waals surface area contributed by atoms with E-state index in [4.69, 9.17) is 27.9 Å². The summed E-state index contributed by atoms with van der Waals surface area (Å²) in [7, 11) is 0. The number of anilines is 2. The van der Waals surface area contributed by atoms with Gasteiger partial charge in [0.25, 0.3) is 0 Å². The minimum atomic E-state index is -4.61. The first kappa shape index (κ1) is 18.2. The van der Waals surface area contributed by atoms with E-state index in [9.17, 15) is 18.0 Å². The molecule has 2 aromatic rings. The average molecular weight is 379 g/mol. The predicted octanol–water partition coefficient (Wildman–Crippen LogP) is 5.58. The normalized spacial score (nSPS) is 11.0. The van der Waals surface area contributed by atoms with Crippen molar-refractivity contribution in [2.24, 2.45) is 0 Å². The topological polar surface area (TPSA) is 50.4 Å². The van der Waals surface area contributed by atoms with Crippen LogP contribution in [0.4, 0.5) is 29.3 Å². The molecule has 0 aromatic heterocycles. The number of hydrogen-bond donors (Lipinski definition) is 2. The van der Waals surface area contributed by atoms with Gasteiger partial charge in [0.2, 0.25) is 0 Å². The van der Waals surface area contributed by atoms with Crippen LogP contribution in [0.1, 0.15) is 5.56 Å². The van der Waals surface area contributed by atoms with Crippen LogP contribution in [0.15, 0.2) is 42.5 Å². The Kier molecular flexibility index (Phi) is 5.80. The molecule has 0 heterocycles. The molecule has 9 heteroatoms. The molecule has 2 N–H and O–H groups in total. The standard InChI is InChI=1S/C15H11Cl2F3N2O2/c16-8-24-11-4-1-9(2-5-11)21-14(23)22-10-3-6-13(17)12(7-10)15(18,19)20/h1-7H,8H2,(H2,21,22,23). The minimum Gasteiger partial charge on any atom is -0.478 e. The first-order valence-electron chi connectivity index (χ1n) is 6.53. The zero-order valence-corrected chi connectivity index (χ0v) is 13.5. The van der Waals surface area contributed by atoms with Gasteiger partial charge in [0.1, 0.15) is 5.75 Å². The molecule has 128 valence electrons. The van der Waals surface area contributed by atoms with Crippen molar-refractivity contribution in [3.63, 3.8) is 0 Å². The Morgan fingerprint density at radius 2 is 1.62 bits per heavy atom. The Morgan fingerprint density at radius 3 is 2.21 bits per heavy atom. The molecule has 24 heavy (non-hydrogen) atoms. The van der Waals surface area contributed by atoms with Gasteiger partial charge in [-0.3, -0.25) is 0 Å². The van der Waals surface area contributed by atoms with Gasteiger partial charge < -0.3 is 15.4 Å². The molecule has 0 bridgehead atoms. The fourth-order valence-corrected chi connectivity index (χ4v) is 2.16. The van der Waals surface area contributed by atoms with Crippen molar-refractivity contribution < 1.29 is 22.7 Å². The van der Waals surface area contributed by atoms with Gasteiger partial charge >= 0.3 is 12.2 Å². The quantitative estimate of drug-likeness (QED) is 0.682. The number of benzene rings is 2. The molecule has 0 fully saturated rings. The van der Waals surface area contributed by atoms with Crippen molar-refractivity contribution in [2.75, 3.05) is 16.7 Å². The molecule has 0 atom stereocenters. The molecule has 0 spiro atoms. The number of urea groups is 1. The van der Waals surface area contributed by atoms with Gasteiger partial charge in [-0.15, -0.1) is 0 Å². The van der Waals surface area contributed by atoms with Gasteiger partial charge in [-0.05, 0) is 42.5 Å². The van der Waals surface area contributed by atoms with E-state index in [1.165, 1.54) is 6.07 Å². The molecule has 0 saturated carbocycles. The number of carbonyl (C=O) groups is 1. The largest absolute Gasteiger partial charge is 0.478 e. The van der Waals surface area contributed by atoms with E-state index < -0.39 is 22.8 Å². The number of amides is 2. The number of hydrogen-bond acceptors (Lipinski definition) is 2. The molecule has 2 amide bonds. The Morgan fingerprint density at radius 1 is 1.04 bits per heavy atom. The van der Waals surface area contributed by atoms with Crippen LogP contribution in [0.5, 0.6) is 5.75 Å². The van der Waals surface area contributed by atoms with Gasteiger partial charge in [-0.1, -0.05) is 23.2 Å². The van der Waals surface area contributed by atoms with E-state index in [2.05, 4.69) is 10.6 Å². The first-order valence-corrected chi connectivity index (χ1v) is 7.44. The summed E-state index contributed by atoms with van der Waals surface area (Å²) in [4.78, 5) is 11.8. The summed E-state index contributed by atoms with van der Waals surface area (Å²) in [5.41, 5.74) is -0.629. The zero-order valence-electron chi connectivity index (χ0n) is 12.0. The SMILES string of the molecule is O=C(Nc1ccc(OCCl)cc1)Nc1ccc(Cl)c(C(F)(F)F)c1. The summed E-state index contributed by atoms with van der Waals surface area (Å²) in [5, 5.41) is 4.35. The van der Waals surface area contributed by atoms with Gasteiger partial charge in [0, 0.05) is 11.4 Å². The molecule has 0 aliphatic rings. The lowest BCUT2D eigenvalue weighted by Crippen LogP contribution is -2.19. The lowest BCUT2D eigenvalue weighted by atomic mass is 10.2. The third-order valence-electron chi connectivity index (χ3n) is 2.86. The summed E-state index contributed by atoms with van der Waals surface area (Å²) in [5.74, 6) is 0.517. The summed E-state index contributed by atoms with van der Waals surface area (Å²) in [6, 6.07) is 8.69. The van der Waals surface area contributed by atoms with Crippen LogP contribution in [0, 0.1) is 0 Å². The lowest BCUT2D eigenvalue weighted by molar-refractivity contribution is -0.137. The highest BCUT2D eigenvalue weighted by Gasteiger charge is 2.33. The van der Waals surface area contributed by atoms with Crippen molar-refractivity contribution >= 4 is 40.6 Å². The fraction of sp³-hybridized carbons (Fsp3) is 0.133. The van der Waals surface area contributed by atoms with Gasteiger partial charge in [-0.25, -0.2) is 4.79 Å². The van der Waals surface area contributed by atoms with Crippen LogP contribution in [-0.2, 0) is 6.18 Å². The Balaban J connectivity index is 2.04. The fourth-order valence-electron chi connectivity index (χ4n) is 1.81.